The second-order valence-electron chi connectivity index (χ2n) is 5.23. The van der Waals surface area contributed by atoms with Gasteiger partial charge in [0.15, 0.2) is 0 Å². The molecule has 100 valence electrons. The van der Waals surface area contributed by atoms with E-state index in [1.54, 1.807) is 6.07 Å². The fraction of sp³-hybridized carbons (Fsp3) is 0.600. The van der Waals surface area contributed by atoms with E-state index in [0.29, 0.717) is 16.9 Å². The molecule has 0 spiro atoms. The summed E-state index contributed by atoms with van der Waals surface area (Å²) in [6.45, 7) is 0.965. The predicted molar refractivity (Wildman–Crippen MR) is 74.7 cm³/mol. The number of benzene rings is 1. The lowest BCUT2D eigenvalue weighted by atomic mass is 9.82. The van der Waals surface area contributed by atoms with Crippen LogP contribution in [-0.4, -0.2) is 13.6 Å². The highest BCUT2D eigenvalue weighted by Crippen LogP contribution is 2.37. The minimum absolute atomic E-state index is 0.143. The van der Waals surface area contributed by atoms with Gasteiger partial charge in [0.1, 0.15) is 5.82 Å². The Hall–Kier alpha value is -0.600. The maximum Gasteiger partial charge on any atom is 0.128 e. The van der Waals surface area contributed by atoms with Crippen LogP contribution in [0.5, 0.6) is 0 Å². The Labute approximate surface area is 114 Å². The SMILES string of the molecule is CNCC1CCCCCC1c1ccc(Cl)cc1F. The molecule has 2 atom stereocenters. The van der Waals surface area contributed by atoms with Crippen LogP contribution >= 0.6 is 11.6 Å². The summed E-state index contributed by atoms with van der Waals surface area (Å²) in [6.07, 6.45) is 6.01. The molecule has 2 unspecified atom stereocenters. The molecule has 0 radical (unpaired) electrons. The van der Waals surface area contributed by atoms with Crippen LogP contribution in [0.1, 0.15) is 43.6 Å². The van der Waals surface area contributed by atoms with Crippen LogP contribution in [0.2, 0.25) is 5.02 Å². The van der Waals surface area contributed by atoms with E-state index in [9.17, 15) is 4.39 Å². The molecule has 3 heteroatoms. The van der Waals surface area contributed by atoms with Crippen LogP contribution in [0, 0.1) is 11.7 Å². The van der Waals surface area contributed by atoms with Crippen molar-refractivity contribution in [3.8, 4) is 0 Å². The fourth-order valence-corrected chi connectivity index (χ4v) is 3.26. The molecule has 2 rings (SSSR count). The lowest BCUT2D eigenvalue weighted by molar-refractivity contribution is 0.376. The Morgan fingerprint density at radius 3 is 2.78 bits per heavy atom. The Morgan fingerprint density at radius 1 is 1.28 bits per heavy atom. The van der Waals surface area contributed by atoms with Crippen LogP contribution in [0.4, 0.5) is 4.39 Å². The van der Waals surface area contributed by atoms with Crippen molar-refractivity contribution in [2.24, 2.45) is 5.92 Å². The molecule has 0 heterocycles. The van der Waals surface area contributed by atoms with Crippen LogP contribution < -0.4 is 5.32 Å². The summed E-state index contributed by atoms with van der Waals surface area (Å²) in [7, 11) is 1.97. The molecule has 0 bridgehead atoms. The van der Waals surface area contributed by atoms with Crippen molar-refractivity contribution in [1.82, 2.24) is 5.32 Å². The first-order chi connectivity index (χ1) is 8.72. The molecule has 1 aromatic rings. The first kappa shape index (κ1) is 13.8. The third-order valence-electron chi connectivity index (χ3n) is 3.99. The van der Waals surface area contributed by atoms with Gasteiger partial charge in [-0.3, -0.25) is 0 Å². The Bertz CT molecular complexity index is 394. The van der Waals surface area contributed by atoms with Gasteiger partial charge in [-0.15, -0.1) is 0 Å². The van der Waals surface area contributed by atoms with Crippen molar-refractivity contribution < 1.29 is 4.39 Å². The minimum atomic E-state index is -0.143. The molecule has 1 aliphatic carbocycles. The second-order valence-corrected chi connectivity index (χ2v) is 5.66. The highest BCUT2D eigenvalue weighted by molar-refractivity contribution is 6.30. The zero-order valence-corrected chi connectivity index (χ0v) is 11.6. The van der Waals surface area contributed by atoms with E-state index >= 15 is 0 Å². The number of hydrogen-bond donors (Lipinski definition) is 1. The first-order valence-electron chi connectivity index (χ1n) is 6.82. The van der Waals surface area contributed by atoms with Crippen LogP contribution in [0.3, 0.4) is 0 Å². The highest BCUT2D eigenvalue weighted by Gasteiger charge is 2.26. The van der Waals surface area contributed by atoms with E-state index in [-0.39, 0.29) is 5.82 Å². The predicted octanol–water partition coefficient (Wildman–Crippen LogP) is 4.36. The van der Waals surface area contributed by atoms with Crippen molar-refractivity contribution in [1.29, 1.82) is 0 Å². The fourth-order valence-electron chi connectivity index (χ4n) is 3.10. The van der Waals surface area contributed by atoms with E-state index in [1.165, 1.54) is 31.7 Å². The molecule has 0 saturated heterocycles. The molecule has 1 aromatic carbocycles. The Kier molecular flexibility index (Phi) is 5.02. The van der Waals surface area contributed by atoms with Crippen LogP contribution in [0.15, 0.2) is 18.2 Å². The average molecular weight is 270 g/mol. The van der Waals surface area contributed by atoms with Crippen molar-refractivity contribution in [3.05, 3.63) is 34.6 Å². The van der Waals surface area contributed by atoms with Crippen molar-refractivity contribution in [2.45, 2.75) is 38.0 Å². The summed E-state index contributed by atoms with van der Waals surface area (Å²) >= 11 is 5.83. The molecular weight excluding hydrogens is 249 g/mol. The molecule has 0 aromatic heterocycles. The van der Waals surface area contributed by atoms with E-state index in [0.717, 1.165) is 18.5 Å². The molecule has 1 saturated carbocycles. The first-order valence-corrected chi connectivity index (χ1v) is 7.19. The molecule has 1 fully saturated rings. The van der Waals surface area contributed by atoms with Gasteiger partial charge in [-0.2, -0.15) is 0 Å². The monoisotopic (exact) mass is 269 g/mol. The lowest BCUT2D eigenvalue weighted by Crippen LogP contribution is -2.24. The summed E-state index contributed by atoms with van der Waals surface area (Å²) in [4.78, 5) is 0. The second kappa shape index (κ2) is 6.53. The molecule has 0 aliphatic heterocycles. The maximum atomic E-state index is 14.1. The van der Waals surface area contributed by atoms with E-state index < -0.39 is 0 Å². The molecule has 0 amide bonds. The minimum Gasteiger partial charge on any atom is -0.319 e. The van der Waals surface area contributed by atoms with E-state index in [2.05, 4.69) is 5.32 Å². The van der Waals surface area contributed by atoms with Gasteiger partial charge in [0.25, 0.3) is 0 Å². The Morgan fingerprint density at radius 2 is 2.06 bits per heavy atom. The average Bonchev–Trinajstić information content (AvgIpc) is 2.56. The van der Waals surface area contributed by atoms with Gasteiger partial charge in [0.2, 0.25) is 0 Å². The van der Waals surface area contributed by atoms with Crippen molar-refractivity contribution >= 4 is 11.6 Å². The molecular formula is C15H21ClFN. The normalized spacial score (nSPS) is 24.8. The number of hydrogen-bond acceptors (Lipinski definition) is 1. The van der Waals surface area contributed by atoms with Crippen molar-refractivity contribution in [3.63, 3.8) is 0 Å². The van der Waals surface area contributed by atoms with E-state index in [1.807, 2.05) is 13.1 Å². The zero-order valence-electron chi connectivity index (χ0n) is 10.9. The highest BCUT2D eigenvalue weighted by atomic mass is 35.5. The Balaban J connectivity index is 2.25. The standard InChI is InChI=1S/C15H21ClFN/c1-18-10-11-5-3-2-4-6-13(11)14-8-7-12(16)9-15(14)17/h7-9,11,13,18H,2-6,10H2,1H3. The maximum absolute atomic E-state index is 14.1. The quantitative estimate of drug-likeness (QED) is 0.804. The number of halogens is 2. The van der Waals surface area contributed by atoms with Gasteiger partial charge in [-0.05, 0) is 56.0 Å². The summed E-state index contributed by atoms with van der Waals surface area (Å²) in [5, 5.41) is 3.73. The third-order valence-corrected chi connectivity index (χ3v) is 4.22. The molecule has 1 nitrogen and oxygen atoms in total. The number of rotatable bonds is 3. The molecule has 1 N–H and O–H groups in total. The van der Waals surface area contributed by atoms with Gasteiger partial charge in [-0.1, -0.05) is 36.9 Å². The van der Waals surface area contributed by atoms with Crippen molar-refractivity contribution in [2.75, 3.05) is 13.6 Å². The zero-order chi connectivity index (χ0) is 13.0. The molecule has 1 aliphatic rings. The lowest BCUT2D eigenvalue weighted by Gasteiger charge is -2.25. The van der Waals surface area contributed by atoms with Crippen LogP contribution in [0.25, 0.3) is 0 Å². The summed E-state index contributed by atoms with van der Waals surface area (Å²) in [5.41, 5.74) is 0.849. The van der Waals surface area contributed by atoms with Crippen LogP contribution in [-0.2, 0) is 0 Å². The van der Waals surface area contributed by atoms with Gasteiger partial charge >= 0.3 is 0 Å². The number of nitrogens with one attached hydrogen (secondary N) is 1. The topological polar surface area (TPSA) is 12.0 Å². The summed E-state index contributed by atoms with van der Waals surface area (Å²) in [5.74, 6) is 0.723. The van der Waals surface area contributed by atoms with Gasteiger partial charge < -0.3 is 5.32 Å². The van der Waals surface area contributed by atoms with Gasteiger partial charge in [0, 0.05) is 5.02 Å². The van der Waals surface area contributed by atoms with Gasteiger partial charge in [0.05, 0.1) is 0 Å². The largest absolute Gasteiger partial charge is 0.319 e. The smallest absolute Gasteiger partial charge is 0.128 e. The third kappa shape index (κ3) is 3.24. The molecule has 18 heavy (non-hydrogen) atoms. The summed E-state index contributed by atoms with van der Waals surface area (Å²) in [6, 6.07) is 5.12. The van der Waals surface area contributed by atoms with Gasteiger partial charge in [-0.25, -0.2) is 4.39 Å². The summed E-state index contributed by atoms with van der Waals surface area (Å²) < 4.78 is 14.1. The van der Waals surface area contributed by atoms with E-state index in [4.69, 9.17) is 11.6 Å².